The molecule has 0 fully saturated rings. The van der Waals surface area contributed by atoms with Gasteiger partial charge in [-0.25, -0.2) is 18.7 Å². The van der Waals surface area contributed by atoms with Gasteiger partial charge < -0.3 is 4.52 Å². The van der Waals surface area contributed by atoms with Crippen LogP contribution < -0.4 is 0 Å². The molecule has 136 valence electrons. The Morgan fingerprint density at radius 3 is 2.41 bits per heavy atom. The Kier molecular flexibility index (Phi) is 4.23. The summed E-state index contributed by atoms with van der Waals surface area (Å²) in [5.41, 5.74) is 2.55. The second-order valence-electron chi connectivity index (χ2n) is 6.08. The van der Waals surface area contributed by atoms with Crippen molar-refractivity contribution in [2.45, 2.75) is 20.4 Å². The van der Waals surface area contributed by atoms with Crippen LogP contribution in [0.4, 0.5) is 8.78 Å². The van der Waals surface area contributed by atoms with Crippen LogP contribution in [0.1, 0.15) is 17.0 Å². The SMILES string of the molecule is Cc1nc(-c2cc(-c3ccon3)n(Cc3ccccc3F)n2)nc(C)c1F. The highest BCUT2D eigenvalue weighted by Crippen LogP contribution is 2.25. The lowest BCUT2D eigenvalue weighted by molar-refractivity contribution is 0.421. The maximum atomic E-state index is 14.1. The highest BCUT2D eigenvalue weighted by Gasteiger charge is 2.18. The van der Waals surface area contributed by atoms with E-state index in [1.54, 1.807) is 48.9 Å². The van der Waals surface area contributed by atoms with Crippen molar-refractivity contribution in [1.29, 1.82) is 0 Å². The first kappa shape index (κ1) is 17.0. The average molecular weight is 367 g/mol. The summed E-state index contributed by atoms with van der Waals surface area (Å²) in [5.74, 6) is -0.477. The summed E-state index contributed by atoms with van der Waals surface area (Å²) in [6.45, 7) is 3.33. The van der Waals surface area contributed by atoms with E-state index in [9.17, 15) is 8.78 Å². The Morgan fingerprint density at radius 1 is 1.00 bits per heavy atom. The second kappa shape index (κ2) is 6.71. The number of nitrogens with zero attached hydrogens (tertiary/aromatic N) is 5. The topological polar surface area (TPSA) is 69.6 Å². The van der Waals surface area contributed by atoms with Crippen molar-refractivity contribution >= 4 is 0 Å². The molecule has 0 amide bonds. The van der Waals surface area contributed by atoms with E-state index in [1.165, 1.54) is 12.3 Å². The van der Waals surface area contributed by atoms with E-state index in [-0.39, 0.29) is 23.7 Å². The highest BCUT2D eigenvalue weighted by atomic mass is 19.1. The fourth-order valence-corrected chi connectivity index (χ4v) is 2.80. The van der Waals surface area contributed by atoms with Crippen LogP contribution in [0, 0.1) is 25.5 Å². The van der Waals surface area contributed by atoms with E-state index in [0.717, 1.165) is 0 Å². The van der Waals surface area contributed by atoms with Gasteiger partial charge in [-0.05, 0) is 26.0 Å². The normalized spacial score (nSPS) is 11.1. The summed E-state index contributed by atoms with van der Waals surface area (Å²) in [5, 5.41) is 8.44. The van der Waals surface area contributed by atoms with E-state index in [4.69, 9.17) is 4.52 Å². The van der Waals surface area contributed by atoms with Gasteiger partial charge in [0.2, 0.25) is 0 Å². The molecule has 3 heterocycles. The molecule has 1 aromatic carbocycles. The van der Waals surface area contributed by atoms with Gasteiger partial charge in [0.15, 0.2) is 11.6 Å². The number of halogens is 2. The largest absolute Gasteiger partial charge is 0.364 e. The lowest BCUT2D eigenvalue weighted by atomic mass is 10.2. The van der Waals surface area contributed by atoms with Gasteiger partial charge >= 0.3 is 0 Å². The maximum Gasteiger partial charge on any atom is 0.180 e. The van der Waals surface area contributed by atoms with Crippen LogP contribution in [0.2, 0.25) is 0 Å². The number of aromatic nitrogens is 5. The van der Waals surface area contributed by atoms with Gasteiger partial charge in [-0.2, -0.15) is 5.10 Å². The van der Waals surface area contributed by atoms with Crippen molar-refractivity contribution in [3.63, 3.8) is 0 Å². The average Bonchev–Trinajstić information content (AvgIpc) is 3.31. The zero-order chi connectivity index (χ0) is 19.0. The first-order chi connectivity index (χ1) is 13.0. The minimum absolute atomic E-state index is 0.189. The molecule has 0 aliphatic carbocycles. The predicted octanol–water partition coefficient (Wildman–Crippen LogP) is 3.94. The molecule has 0 N–H and O–H groups in total. The van der Waals surface area contributed by atoms with E-state index < -0.39 is 5.82 Å². The second-order valence-corrected chi connectivity index (χ2v) is 6.08. The Labute approximate surface area is 153 Å². The van der Waals surface area contributed by atoms with Gasteiger partial charge in [0.05, 0.1) is 23.6 Å². The predicted molar refractivity (Wildman–Crippen MR) is 93.7 cm³/mol. The number of hydrogen-bond donors (Lipinski definition) is 0. The molecular formula is C19H15F2N5O. The third-order valence-electron chi connectivity index (χ3n) is 4.17. The molecule has 0 bridgehead atoms. The van der Waals surface area contributed by atoms with Crippen LogP contribution in [0.15, 0.2) is 47.2 Å². The third kappa shape index (κ3) is 3.21. The molecule has 0 spiro atoms. The van der Waals surface area contributed by atoms with Gasteiger partial charge in [0, 0.05) is 11.6 Å². The standard InChI is InChI=1S/C19H15F2N5O/c1-11-18(21)12(2)23-19(22-11)16-9-17(15-7-8-27-25-15)26(24-16)10-13-5-3-4-6-14(13)20/h3-9H,10H2,1-2H3. The summed E-state index contributed by atoms with van der Waals surface area (Å²) in [4.78, 5) is 8.37. The van der Waals surface area contributed by atoms with Crippen LogP contribution >= 0.6 is 0 Å². The molecule has 8 heteroatoms. The first-order valence-electron chi connectivity index (χ1n) is 8.26. The smallest absolute Gasteiger partial charge is 0.180 e. The number of aryl methyl sites for hydroxylation is 2. The van der Waals surface area contributed by atoms with Crippen molar-refractivity contribution < 1.29 is 13.3 Å². The lowest BCUT2D eigenvalue weighted by Crippen LogP contribution is -2.06. The maximum absolute atomic E-state index is 14.1. The fourth-order valence-electron chi connectivity index (χ4n) is 2.80. The molecule has 0 radical (unpaired) electrons. The summed E-state index contributed by atoms with van der Waals surface area (Å²) in [6, 6.07) is 9.88. The van der Waals surface area contributed by atoms with Gasteiger partial charge in [-0.3, -0.25) is 4.68 Å². The summed E-state index contributed by atoms with van der Waals surface area (Å²) >= 11 is 0. The molecule has 0 saturated heterocycles. The molecule has 0 atom stereocenters. The molecule has 0 saturated carbocycles. The molecule has 0 unspecified atom stereocenters. The molecule has 3 aromatic heterocycles. The minimum atomic E-state index is -0.443. The van der Waals surface area contributed by atoms with E-state index in [1.807, 2.05) is 0 Å². The van der Waals surface area contributed by atoms with Gasteiger partial charge in [-0.15, -0.1) is 0 Å². The van der Waals surface area contributed by atoms with Crippen LogP contribution in [0.25, 0.3) is 22.9 Å². The van der Waals surface area contributed by atoms with Crippen molar-refractivity contribution in [2.24, 2.45) is 0 Å². The number of benzene rings is 1. The van der Waals surface area contributed by atoms with Gasteiger partial charge in [0.25, 0.3) is 0 Å². The van der Waals surface area contributed by atoms with Crippen molar-refractivity contribution in [1.82, 2.24) is 24.9 Å². The first-order valence-corrected chi connectivity index (χ1v) is 8.26. The molecule has 6 nitrogen and oxygen atoms in total. The van der Waals surface area contributed by atoms with Crippen LogP contribution in [0.3, 0.4) is 0 Å². The molecule has 4 rings (SSSR count). The zero-order valence-electron chi connectivity index (χ0n) is 14.6. The van der Waals surface area contributed by atoms with Gasteiger partial charge in [-0.1, -0.05) is 23.4 Å². The minimum Gasteiger partial charge on any atom is -0.364 e. The summed E-state index contributed by atoms with van der Waals surface area (Å²) in [7, 11) is 0. The fraction of sp³-hybridized carbons (Fsp3) is 0.158. The van der Waals surface area contributed by atoms with E-state index >= 15 is 0 Å². The molecule has 0 aliphatic heterocycles. The lowest BCUT2D eigenvalue weighted by Gasteiger charge is -2.06. The highest BCUT2D eigenvalue weighted by molar-refractivity contribution is 5.62. The Bertz CT molecular complexity index is 1080. The quantitative estimate of drug-likeness (QED) is 0.546. The monoisotopic (exact) mass is 367 g/mol. The molecule has 4 aromatic rings. The van der Waals surface area contributed by atoms with Crippen molar-refractivity contribution in [3.8, 4) is 22.9 Å². The zero-order valence-corrected chi connectivity index (χ0v) is 14.6. The third-order valence-corrected chi connectivity index (χ3v) is 4.17. The number of rotatable bonds is 4. The van der Waals surface area contributed by atoms with E-state index in [0.29, 0.717) is 28.5 Å². The van der Waals surface area contributed by atoms with E-state index in [2.05, 4.69) is 20.2 Å². The summed E-state index contributed by atoms with van der Waals surface area (Å²) in [6.07, 6.45) is 1.44. The van der Waals surface area contributed by atoms with Crippen LogP contribution in [0.5, 0.6) is 0 Å². The number of hydrogen-bond acceptors (Lipinski definition) is 5. The Balaban J connectivity index is 1.82. The Hall–Kier alpha value is -3.42. The van der Waals surface area contributed by atoms with Crippen molar-refractivity contribution in [2.75, 3.05) is 0 Å². The Morgan fingerprint density at radius 2 is 1.74 bits per heavy atom. The van der Waals surface area contributed by atoms with Crippen LogP contribution in [-0.4, -0.2) is 24.9 Å². The van der Waals surface area contributed by atoms with Crippen LogP contribution in [-0.2, 0) is 6.54 Å². The van der Waals surface area contributed by atoms with Crippen molar-refractivity contribution in [3.05, 3.63) is 71.2 Å². The summed E-state index contributed by atoms with van der Waals surface area (Å²) < 4.78 is 34.5. The molecular weight excluding hydrogens is 352 g/mol. The molecule has 27 heavy (non-hydrogen) atoms. The van der Waals surface area contributed by atoms with Gasteiger partial charge in [0.1, 0.15) is 23.5 Å². The molecule has 0 aliphatic rings.